The Labute approximate surface area is 202 Å². The van der Waals surface area contributed by atoms with E-state index in [2.05, 4.69) is 5.32 Å². The van der Waals surface area contributed by atoms with Crippen LogP contribution in [0.5, 0.6) is 0 Å². The second kappa shape index (κ2) is 11.2. The number of allylic oxidation sites excluding steroid dienone is 2. The van der Waals surface area contributed by atoms with Gasteiger partial charge in [0.2, 0.25) is 5.91 Å². The molecule has 0 fully saturated rings. The molecule has 1 aromatic rings. The highest BCUT2D eigenvalue weighted by atomic mass is 16.5. The SMILES string of the molecule is CCOC(=O)C1=C(C)NC(C)=C(C(=O)OCC)C1c1ccccc1/C=C/C(=O)N(C)C(C)(C)C. The zero-order valence-corrected chi connectivity index (χ0v) is 21.4. The van der Waals surface area contributed by atoms with Crippen LogP contribution in [0.25, 0.3) is 6.08 Å². The van der Waals surface area contributed by atoms with Crippen molar-refractivity contribution < 1.29 is 23.9 Å². The van der Waals surface area contributed by atoms with Gasteiger partial charge in [0.15, 0.2) is 0 Å². The van der Waals surface area contributed by atoms with Crippen LogP contribution in [0, 0.1) is 0 Å². The molecule has 184 valence electrons. The molecule has 1 amide bonds. The normalized spacial score (nSPS) is 14.8. The average molecular weight is 469 g/mol. The fraction of sp³-hybridized carbons (Fsp3) is 0.444. The number of ether oxygens (including phenoxy) is 2. The lowest BCUT2D eigenvalue weighted by molar-refractivity contribution is -0.139. The van der Waals surface area contributed by atoms with Gasteiger partial charge in [0.1, 0.15) is 0 Å². The van der Waals surface area contributed by atoms with Crippen LogP contribution < -0.4 is 5.32 Å². The van der Waals surface area contributed by atoms with Crippen LogP contribution >= 0.6 is 0 Å². The Bertz CT molecular complexity index is 1000. The van der Waals surface area contributed by atoms with Gasteiger partial charge in [-0.3, -0.25) is 4.79 Å². The van der Waals surface area contributed by atoms with Crippen LogP contribution in [0.2, 0.25) is 0 Å². The Morgan fingerprint density at radius 2 is 1.47 bits per heavy atom. The number of rotatable bonds is 7. The van der Waals surface area contributed by atoms with Gasteiger partial charge in [-0.1, -0.05) is 24.3 Å². The molecule has 1 aliphatic heterocycles. The molecule has 0 radical (unpaired) electrons. The van der Waals surface area contributed by atoms with E-state index in [9.17, 15) is 14.4 Å². The number of hydrogen-bond donors (Lipinski definition) is 1. The molecule has 1 N–H and O–H groups in total. The lowest BCUT2D eigenvalue weighted by atomic mass is 9.78. The maximum atomic E-state index is 13.0. The number of benzene rings is 1. The molecule has 2 rings (SSSR count). The summed E-state index contributed by atoms with van der Waals surface area (Å²) in [6.45, 7) is 13.3. The van der Waals surface area contributed by atoms with Crippen molar-refractivity contribution in [2.24, 2.45) is 0 Å². The number of amides is 1. The van der Waals surface area contributed by atoms with Crippen molar-refractivity contribution in [1.82, 2.24) is 10.2 Å². The Morgan fingerprint density at radius 3 is 1.94 bits per heavy atom. The van der Waals surface area contributed by atoms with Gasteiger partial charge in [-0.15, -0.1) is 0 Å². The van der Waals surface area contributed by atoms with Crippen molar-refractivity contribution in [2.45, 2.75) is 59.9 Å². The molecule has 0 atom stereocenters. The van der Waals surface area contributed by atoms with Gasteiger partial charge in [-0.05, 0) is 65.7 Å². The smallest absolute Gasteiger partial charge is 0.336 e. The third-order valence-electron chi connectivity index (χ3n) is 5.80. The van der Waals surface area contributed by atoms with Gasteiger partial charge in [-0.2, -0.15) is 0 Å². The largest absolute Gasteiger partial charge is 0.463 e. The van der Waals surface area contributed by atoms with Crippen LogP contribution in [0.3, 0.4) is 0 Å². The second-order valence-corrected chi connectivity index (χ2v) is 9.11. The van der Waals surface area contributed by atoms with E-state index < -0.39 is 17.9 Å². The number of nitrogens with one attached hydrogen (secondary N) is 1. The number of carbonyl (C=O) groups is 3. The molecule has 1 aliphatic rings. The average Bonchev–Trinajstić information content (AvgIpc) is 2.76. The van der Waals surface area contributed by atoms with Gasteiger partial charge in [0.05, 0.1) is 30.3 Å². The van der Waals surface area contributed by atoms with Gasteiger partial charge in [-0.25, -0.2) is 9.59 Å². The van der Waals surface area contributed by atoms with Gasteiger partial charge >= 0.3 is 11.9 Å². The molecule has 0 spiro atoms. The summed E-state index contributed by atoms with van der Waals surface area (Å²) in [5.41, 5.74) is 2.99. The van der Waals surface area contributed by atoms with Crippen molar-refractivity contribution >= 4 is 23.9 Å². The molecule has 0 bridgehead atoms. The molecule has 0 aromatic heterocycles. The zero-order valence-electron chi connectivity index (χ0n) is 21.4. The van der Waals surface area contributed by atoms with E-state index in [0.717, 1.165) is 0 Å². The van der Waals surface area contributed by atoms with Crippen molar-refractivity contribution in [3.8, 4) is 0 Å². The maximum absolute atomic E-state index is 13.0. The summed E-state index contributed by atoms with van der Waals surface area (Å²) in [4.78, 5) is 40.4. The fourth-order valence-electron chi connectivity index (χ4n) is 3.79. The fourth-order valence-corrected chi connectivity index (χ4v) is 3.79. The predicted octanol–water partition coefficient (Wildman–Crippen LogP) is 4.32. The summed E-state index contributed by atoms with van der Waals surface area (Å²) in [6.07, 6.45) is 3.23. The van der Waals surface area contributed by atoms with Crippen molar-refractivity contribution in [1.29, 1.82) is 0 Å². The number of carbonyl (C=O) groups excluding carboxylic acids is 3. The lowest BCUT2D eigenvalue weighted by Gasteiger charge is -2.31. The Balaban J connectivity index is 2.67. The summed E-state index contributed by atoms with van der Waals surface area (Å²) < 4.78 is 10.7. The monoisotopic (exact) mass is 468 g/mol. The number of dihydropyridines is 1. The van der Waals surface area contributed by atoms with Crippen molar-refractivity contribution in [3.63, 3.8) is 0 Å². The summed E-state index contributed by atoms with van der Waals surface area (Å²) in [5.74, 6) is -1.87. The molecule has 1 aromatic carbocycles. The summed E-state index contributed by atoms with van der Waals surface area (Å²) in [5, 5.41) is 3.14. The zero-order chi connectivity index (χ0) is 25.6. The summed E-state index contributed by atoms with van der Waals surface area (Å²) >= 11 is 0. The van der Waals surface area contributed by atoms with E-state index >= 15 is 0 Å². The highest BCUT2D eigenvalue weighted by molar-refractivity contribution is 6.00. The summed E-state index contributed by atoms with van der Waals surface area (Å²) in [6, 6.07) is 7.40. The van der Waals surface area contributed by atoms with Crippen LogP contribution in [0.15, 0.2) is 52.9 Å². The molecule has 0 unspecified atom stereocenters. The van der Waals surface area contributed by atoms with Crippen molar-refractivity contribution in [2.75, 3.05) is 20.3 Å². The molecular formula is C27H36N2O5. The van der Waals surface area contributed by atoms with E-state index in [4.69, 9.17) is 9.47 Å². The molecule has 0 saturated carbocycles. The molecule has 7 heteroatoms. The maximum Gasteiger partial charge on any atom is 0.336 e. The number of likely N-dealkylation sites (N-methyl/N-ethyl adjacent to an activating group) is 1. The predicted molar refractivity (Wildman–Crippen MR) is 133 cm³/mol. The van der Waals surface area contributed by atoms with E-state index in [1.807, 2.05) is 45.0 Å². The Kier molecular flexibility index (Phi) is 8.85. The van der Waals surface area contributed by atoms with Crippen LogP contribution in [-0.4, -0.2) is 48.5 Å². The topological polar surface area (TPSA) is 84.9 Å². The highest BCUT2D eigenvalue weighted by Gasteiger charge is 2.38. The summed E-state index contributed by atoms with van der Waals surface area (Å²) in [7, 11) is 1.75. The second-order valence-electron chi connectivity index (χ2n) is 9.11. The van der Waals surface area contributed by atoms with E-state index in [1.165, 1.54) is 6.08 Å². The molecule has 34 heavy (non-hydrogen) atoms. The first-order valence-corrected chi connectivity index (χ1v) is 11.5. The van der Waals surface area contributed by atoms with E-state index in [1.54, 1.807) is 45.7 Å². The Hall–Kier alpha value is -3.35. The first-order valence-electron chi connectivity index (χ1n) is 11.5. The van der Waals surface area contributed by atoms with Crippen LogP contribution in [-0.2, 0) is 23.9 Å². The molecular weight excluding hydrogens is 432 g/mol. The van der Waals surface area contributed by atoms with Gasteiger partial charge in [0.25, 0.3) is 0 Å². The van der Waals surface area contributed by atoms with Gasteiger partial charge < -0.3 is 19.7 Å². The standard InChI is InChI=1S/C27H36N2O5/c1-9-33-25(31)22-17(3)28-18(4)23(26(32)34-10-2)24(22)20-14-12-11-13-19(20)15-16-21(30)29(8)27(5,6)7/h11-16,24,28H,9-10H2,1-8H3/b16-15+. The minimum Gasteiger partial charge on any atom is -0.463 e. The van der Waals surface area contributed by atoms with Gasteiger partial charge in [0, 0.05) is 30.1 Å². The minimum atomic E-state index is -0.712. The first-order chi connectivity index (χ1) is 15.9. The minimum absolute atomic E-state index is 0.151. The number of hydrogen-bond acceptors (Lipinski definition) is 6. The van der Waals surface area contributed by atoms with E-state index in [0.29, 0.717) is 33.7 Å². The lowest BCUT2D eigenvalue weighted by Crippen LogP contribution is -2.41. The highest BCUT2D eigenvalue weighted by Crippen LogP contribution is 2.41. The molecule has 0 aliphatic carbocycles. The van der Waals surface area contributed by atoms with E-state index in [-0.39, 0.29) is 24.7 Å². The molecule has 7 nitrogen and oxygen atoms in total. The third kappa shape index (κ3) is 5.95. The molecule has 1 heterocycles. The quantitative estimate of drug-likeness (QED) is 0.474. The molecule has 0 saturated heterocycles. The Morgan fingerprint density at radius 1 is 0.971 bits per heavy atom. The van der Waals surface area contributed by atoms with Crippen LogP contribution in [0.4, 0.5) is 0 Å². The number of nitrogens with zero attached hydrogens (tertiary/aromatic N) is 1. The van der Waals surface area contributed by atoms with Crippen molar-refractivity contribution in [3.05, 3.63) is 64.0 Å². The number of esters is 2. The first kappa shape index (κ1) is 26.9. The van der Waals surface area contributed by atoms with Crippen LogP contribution in [0.1, 0.15) is 65.5 Å². The third-order valence-corrected chi connectivity index (χ3v) is 5.80.